The quantitative estimate of drug-likeness (QED) is 0.848. The summed E-state index contributed by atoms with van der Waals surface area (Å²) < 4.78 is 0. The summed E-state index contributed by atoms with van der Waals surface area (Å²) in [6, 6.07) is 7.83. The molecule has 5 heteroatoms. The van der Waals surface area contributed by atoms with Crippen LogP contribution in [0.3, 0.4) is 0 Å². The highest BCUT2D eigenvalue weighted by atomic mass is 16.2. The van der Waals surface area contributed by atoms with Crippen LogP contribution in [-0.2, 0) is 9.59 Å². The Kier molecular flexibility index (Phi) is 4.61. The van der Waals surface area contributed by atoms with Crippen LogP contribution in [0, 0.1) is 0 Å². The van der Waals surface area contributed by atoms with Gasteiger partial charge in [0.05, 0.1) is 12.5 Å². The zero-order valence-corrected chi connectivity index (χ0v) is 12.0. The Bertz CT molecular complexity index is 502. The maximum absolute atomic E-state index is 12.6. The molecular formula is C15H21N3O2. The number of fused-ring (bicyclic) bond motifs is 1. The summed E-state index contributed by atoms with van der Waals surface area (Å²) in [6.45, 7) is 5.61. The van der Waals surface area contributed by atoms with E-state index >= 15 is 0 Å². The molecule has 2 N–H and O–H groups in total. The molecule has 5 nitrogen and oxygen atoms in total. The smallest absolute Gasteiger partial charge is 0.239 e. The van der Waals surface area contributed by atoms with Crippen LogP contribution >= 0.6 is 0 Å². The van der Waals surface area contributed by atoms with Gasteiger partial charge in [0.2, 0.25) is 11.8 Å². The van der Waals surface area contributed by atoms with Crippen LogP contribution < -0.4 is 10.6 Å². The van der Waals surface area contributed by atoms with E-state index in [9.17, 15) is 9.59 Å². The van der Waals surface area contributed by atoms with Gasteiger partial charge in [0.25, 0.3) is 0 Å². The number of para-hydroxylation sites is 1. The van der Waals surface area contributed by atoms with Crippen molar-refractivity contribution in [2.45, 2.75) is 19.8 Å². The van der Waals surface area contributed by atoms with Gasteiger partial charge >= 0.3 is 0 Å². The van der Waals surface area contributed by atoms with Crippen molar-refractivity contribution >= 4 is 17.5 Å². The number of hydrogen-bond acceptors (Lipinski definition) is 3. The number of nitrogens with zero attached hydrogens (tertiary/aromatic N) is 1. The van der Waals surface area contributed by atoms with Gasteiger partial charge in [-0.05, 0) is 25.5 Å². The highest BCUT2D eigenvalue weighted by Gasteiger charge is 2.31. The Morgan fingerprint density at radius 1 is 1.35 bits per heavy atom. The van der Waals surface area contributed by atoms with E-state index in [1.165, 1.54) is 0 Å². The molecule has 0 saturated heterocycles. The molecule has 1 heterocycles. The standard InChI is InChI=1S/C15H21N3O2/c1-3-16-14(19)10-18(4-2)15(20)12-9-17-13-8-6-5-7-11(12)13/h5-8,12,17H,3-4,9-10H2,1-2H3,(H,16,19). The van der Waals surface area contributed by atoms with Gasteiger partial charge in [-0.15, -0.1) is 0 Å². The lowest BCUT2D eigenvalue weighted by Gasteiger charge is -2.23. The number of likely N-dealkylation sites (N-methyl/N-ethyl adjacent to an activating group) is 2. The molecular weight excluding hydrogens is 254 g/mol. The topological polar surface area (TPSA) is 61.4 Å². The molecule has 1 aliphatic heterocycles. The molecule has 0 radical (unpaired) electrons. The maximum atomic E-state index is 12.6. The minimum atomic E-state index is -0.194. The lowest BCUT2D eigenvalue weighted by atomic mass is 10.00. The number of amides is 2. The minimum Gasteiger partial charge on any atom is -0.384 e. The monoisotopic (exact) mass is 275 g/mol. The van der Waals surface area contributed by atoms with Gasteiger partial charge in [-0.3, -0.25) is 9.59 Å². The van der Waals surface area contributed by atoms with E-state index in [4.69, 9.17) is 0 Å². The number of hydrogen-bond donors (Lipinski definition) is 2. The molecule has 1 aliphatic rings. The SMILES string of the molecule is CCNC(=O)CN(CC)C(=O)C1CNc2ccccc21. The van der Waals surface area contributed by atoms with Gasteiger partial charge in [-0.1, -0.05) is 18.2 Å². The van der Waals surface area contributed by atoms with Crippen LogP contribution in [0.5, 0.6) is 0 Å². The van der Waals surface area contributed by atoms with Gasteiger partial charge < -0.3 is 15.5 Å². The first-order valence-corrected chi connectivity index (χ1v) is 7.05. The van der Waals surface area contributed by atoms with Crippen LogP contribution in [-0.4, -0.2) is 42.9 Å². The number of benzene rings is 1. The van der Waals surface area contributed by atoms with E-state index < -0.39 is 0 Å². The fourth-order valence-electron chi connectivity index (χ4n) is 2.50. The van der Waals surface area contributed by atoms with Gasteiger partial charge in [-0.25, -0.2) is 0 Å². The first kappa shape index (κ1) is 14.4. The predicted octanol–water partition coefficient (Wildman–Crippen LogP) is 1.18. The maximum Gasteiger partial charge on any atom is 0.239 e. The van der Waals surface area contributed by atoms with Crippen LogP contribution in [0.1, 0.15) is 25.3 Å². The third-order valence-corrected chi connectivity index (χ3v) is 3.53. The zero-order valence-electron chi connectivity index (χ0n) is 12.0. The van der Waals surface area contributed by atoms with Crippen molar-refractivity contribution in [3.8, 4) is 0 Å². The Labute approximate surface area is 119 Å². The molecule has 0 saturated carbocycles. The zero-order chi connectivity index (χ0) is 14.5. The molecule has 0 aromatic heterocycles. The first-order valence-electron chi connectivity index (χ1n) is 7.05. The van der Waals surface area contributed by atoms with Crippen molar-refractivity contribution in [3.05, 3.63) is 29.8 Å². The summed E-state index contributed by atoms with van der Waals surface area (Å²) >= 11 is 0. The van der Waals surface area contributed by atoms with Crippen molar-refractivity contribution < 1.29 is 9.59 Å². The van der Waals surface area contributed by atoms with Gasteiger partial charge in [0.1, 0.15) is 0 Å². The lowest BCUT2D eigenvalue weighted by molar-refractivity contribution is -0.136. The molecule has 1 unspecified atom stereocenters. The summed E-state index contributed by atoms with van der Waals surface area (Å²) in [5.41, 5.74) is 2.03. The average Bonchev–Trinajstić information content (AvgIpc) is 2.88. The van der Waals surface area contributed by atoms with E-state index in [0.29, 0.717) is 19.6 Å². The number of carbonyl (C=O) groups is 2. The third-order valence-electron chi connectivity index (χ3n) is 3.53. The van der Waals surface area contributed by atoms with Crippen LogP contribution in [0.25, 0.3) is 0 Å². The number of carbonyl (C=O) groups excluding carboxylic acids is 2. The number of anilines is 1. The predicted molar refractivity (Wildman–Crippen MR) is 78.6 cm³/mol. The molecule has 2 rings (SSSR count). The fourth-order valence-corrected chi connectivity index (χ4v) is 2.50. The Balaban J connectivity index is 2.08. The summed E-state index contributed by atoms with van der Waals surface area (Å²) in [6.07, 6.45) is 0. The number of nitrogens with one attached hydrogen (secondary N) is 2. The Morgan fingerprint density at radius 3 is 2.80 bits per heavy atom. The van der Waals surface area contributed by atoms with E-state index in [0.717, 1.165) is 11.3 Å². The van der Waals surface area contributed by atoms with Gasteiger partial charge in [0.15, 0.2) is 0 Å². The second-order valence-corrected chi connectivity index (χ2v) is 4.83. The Morgan fingerprint density at radius 2 is 2.10 bits per heavy atom. The fraction of sp³-hybridized carbons (Fsp3) is 0.467. The summed E-state index contributed by atoms with van der Waals surface area (Å²) in [5.74, 6) is -0.293. The van der Waals surface area contributed by atoms with Gasteiger partial charge in [-0.2, -0.15) is 0 Å². The van der Waals surface area contributed by atoms with E-state index in [2.05, 4.69) is 10.6 Å². The molecule has 1 aromatic rings. The van der Waals surface area contributed by atoms with Crippen molar-refractivity contribution in [3.63, 3.8) is 0 Å². The van der Waals surface area contributed by atoms with Crippen LogP contribution in [0.15, 0.2) is 24.3 Å². The molecule has 2 amide bonds. The van der Waals surface area contributed by atoms with Crippen molar-refractivity contribution in [2.24, 2.45) is 0 Å². The summed E-state index contributed by atoms with van der Waals surface area (Å²) in [5, 5.41) is 5.97. The molecule has 20 heavy (non-hydrogen) atoms. The summed E-state index contributed by atoms with van der Waals surface area (Å²) in [7, 11) is 0. The molecule has 0 fully saturated rings. The average molecular weight is 275 g/mol. The van der Waals surface area contributed by atoms with Gasteiger partial charge in [0, 0.05) is 25.3 Å². The molecule has 0 aliphatic carbocycles. The second kappa shape index (κ2) is 6.41. The third kappa shape index (κ3) is 2.92. The molecule has 0 bridgehead atoms. The largest absolute Gasteiger partial charge is 0.384 e. The van der Waals surface area contributed by atoms with Crippen molar-refractivity contribution in [1.82, 2.24) is 10.2 Å². The van der Waals surface area contributed by atoms with Crippen molar-refractivity contribution in [1.29, 1.82) is 0 Å². The first-order chi connectivity index (χ1) is 9.67. The molecule has 1 aromatic carbocycles. The normalized spacial score (nSPS) is 16.2. The minimum absolute atomic E-state index is 0.0104. The van der Waals surface area contributed by atoms with Crippen LogP contribution in [0.4, 0.5) is 5.69 Å². The highest BCUT2D eigenvalue weighted by molar-refractivity contribution is 5.91. The van der Waals surface area contributed by atoms with E-state index in [1.54, 1.807) is 4.90 Å². The van der Waals surface area contributed by atoms with Crippen molar-refractivity contribution in [2.75, 3.05) is 31.5 Å². The molecule has 1 atom stereocenters. The summed E-state index contributed by atoms with van der Waals surface area (Å²) in [4.78, 5) is 25.9. The van der Waals surface area contributed by atoms with Crippen LogP contribution in [0.2, 0.25) is 0 Å². The Hall–Kier alpha value is -2.04. The highest BCUT2D eigenvalue weighted by Crippen LogP contribution is 2.32. The van der Waals surface area contributed by atoms with E-state index in [1.807, 2.05) is 38.1 Å². The second-order valence-electron chi connectivity index (χ2n) is 4.83. The molecule has 108 valence electrons. The molecule has 0 spiro atoms. The number of rotatable bonds is 5. The van der Waals surface area contributed by atoms with E-state index in [-0.39, 0.29) is 24.3 Å². The lowest BCUT2D eigenvalue weighted by Crippen LogP contribution is -2.43.